The number of thiocarbonyl (C=S) groups is 1. The molecule has 2 nitrogen and oxygen atoms in total. The summed E-state index contributed by atoms with van der Waals surface area (Å²) in [7, 11) is 0. The van der Waals surface area contributed by atoms with Crippen molar-refractivity contribution in [2.45, 2.75) is 13.5 Å². The van der Waals surface area contributed by atoms with Gasteiger partial charge in [0, 0.05) is 17.3 Å². The van der Waals surface area contributed by atoms with Crippen molar-refractivity contribution in [1.29, 1.82) is 0 Å². The van der Waals surface area contributed by atoms with Gasteiger partial charge >= 0.3 is 0 Å². The van der Waals surface area contributed by atoms with E-state index in [4.69, 9.17) is 23.8 Å². The Bertz CT molecular complexity index is 584. The fourth-order valence-electron chi connectivity index (χ4n) is 1.73. The minimum atomic E-state index is 0.602. The van der Waals surface area contributed by atoms with Gasteiger partial charge in [-0.3, -0.25) is 0 Å². The zero-order valence-corrected chi connectivity index (χ0v) is 12.2. The normalized spacial score (nSPS) is 10.0. The Morgan fingerprint density at radius 3 is 2.68 bits per heavy atom. The van der Waals surface area contributed by atoms with Crippen LogP contribution in [0.3, 0.4) is 0 Å². The fraction of sp³-hybridized carbons (Fsp3) is 0.133. The molecule has 0 aliphatic heterocycles. The van der Waals surface area contributed by atoms with Crippen LogP contribution in [0, 0.1) is 6.92 Å². The molecule has 0 saturated heterocycles. The summed E-state index contributed by atoms with van der Waals surface area (Å²) in [5.41, 5.74) is 3.28. The molecule has 0 bridgehead atoms. The molecule has 4 heteroatoms. The fourth-order valence-corrected chi connectivity index (χ4v) is 2.13. The topological polar surface area (TPSA) is 24.1 Å². The average Bonchev–Trinajstić information content (AvgIpc) is 2.36. The van der Waals surface area contributed by atoms with Crippen LogP contribution in [0.2, 0.25) is 5.02 Å². The smallest absolute Gasteiger partial charge is 0.171 e. The zero-order chi connectivity index (χ0) is 13.7. The Hall–Kier alpha value is -1.58. The first-order valence-corrected chi connectivity index (χ1v) is 6.78. The van der Waals surface area contributed by atoms with Crippen LogP contribution in [0.4, 0.5) is 5.69 Å². The number of nitrogens with one attached hydrogen (secondary N) is 2. The Morgan fingerprint density at radius 2 is 1.95 bits per heavy atom. The van der Waals surface area contributed by atoms with Crippen LogP contribution in [-0.2, 0) is 6.54 Å². The number of aryl methyl sites for hydroxylation is 1. The minimum Gasteiger partial charge on any atom is -0.358 e. The summed E-state index contributed by atoms with van der Waals surface area (Å²) in [4.78, 5) is 0. The molecule has 2 N–H and O–H groups in total. The summed E-state index contributed by atoms with van der Waals surface area (Å²) in [6.45, 7) is 2.70. The highest BCUT2D eigenvalue weighted by molar-refractivity contribution is 7.80. The highest BCUT2D eigenvalue weighted by Gasteiger charge is 1.99. The van der Waals surface area contributed by atoms with E-state index in [-0.39, 0.29) is 0 Å². The lowest BCUT2D eigenvalue weighted by Crippen LogP contribution is -2.27. The molecule has 2 rings (SSSR count). The molecule has 2 aromatic carbocycles. The molecule has 0 atom stereocenters. The van der Waals surface area contributed by atoms with E-state index in [2.05, 4.69) is 10.6 Å². The van der Waals surface area contributed by atoms with Gasteiger partial charge in [-0.15, -0.1) is 0 Å². The van der Waals surface area contributed by atoms with Crippen molar-refractivity contribution in [2.75, 3.05) is 5.32 Å². The van der Waals surface area contributed by atoms with Crippen LogP contribution in [0.1, 0.15) is 11.1 Å². The number of anilines is 1. The first kappa shape index (κ1) is 13.8. The highest BCUT2D eigenvalue weighted by Crippen LogP contribution is 2.11. The first-order valence-electron chi connectivity index (χ1n) is 5.99. The van der Waals surface area contributed by atoms with Gasteiger partial charge in [0.05, 0.1) is 0 Å². The van der Waals surface area contributed by atoms with Crippen LogP contribution in [0.15, 0.2) is 48.5 Å². The standard InChI is InChI=1S/C15H15ClN2S/c1-11-4-2-7-14(8-11)18-15(19)17-10-12-5-3-6-13(16)9-12/h2-9H,10H2,1H3,(H2,17,18,19). The number of halogens is 1. The maximum absolute atomic E-state index is 5.93. The molecular weight excluding hydrogens is 276 g/mol. The first-order chi connectivity index (χ1) is 9.13. The Labute approximate surface area is 123 Å². The Morgan fingerprint density at radius 1 is 1.16 bits per heavy atom. The second kappa shape index (κ2) is 6.55. The van der Waals surface area contributed by atoms with Gasteiger partial charge < -0.3 is 10.6 Å². The number of benzene rings is 2. The lowest BCUT2D eigenvalue weighted by atomic mass is 10.2. The molecule has 0 saturated carbocycles. The van der Waals surface area contributed by atoms with E-state index in [1.54, 1.807) is 0 Å². The van der Waals surface area contributed by atoms with Crippen molar-refractivity contribution >= 4 is 34.6 Å². The van der Waals surface area contributed by atoms with E-state index in [0.717, 1.165) is 16.3 Å². The second-order valence-corrected chi connectivity index (χ2v) is 5.15. The van der Waals surface area contributed by atoms with E-state index < -0.39 is 0 Å². The summed E-state index contributed by atoms with van der Waals surface area (Å²) < 4.78 is 0. The monoisotopic (exact) mass is 290 g/mol. The van der Waals surface area contributed by atoms with Crippen LogP contribution in [0.5, 0.6) is 0 Å². The van der Waals surface area contributed by atoms with Crippen LogP contribution in [0.25, 0.3) is 0 Å². The molecule has 0 amide bonds. The van der Waals surface area contributed by atoms with E-state index in [0.29, 0.717) is 11.7 Å². The molecule has 98 valence electrons. The maximum atomic E-state index is 5.93. The Balaban J connectivity index is 1.88. The van der Waals surface area contributed by atoms with Gasteiger partial charge in [0.25, 0.3) is 0 Å². The summed E-state index contributed by atoms with van der Waals surface area (Å²) in [6, 6.07) is 15.8. The number of rotatable bonds is 3. The zero-order valence-electron chi connectivity index (χ0n) is 10.6. The van der Waals surface area contributed by atoms with Crippen molar-refractivity contribution in [1.82, 2.24) is 5.32 Å². The van der Waals surface area contributed by atoms with Gasteiger partial charge in [-0.2, -0.15) is 0 Å². The van der Waals surface area contributed by atoms with Crippen LogP contribution >= 0.6 is 23.8 Å². The van der Waals surface area contributed by atoms with E-state index in [1.165, 1.54) is 5.56 Å². The van der Waals surface area contributed by atoms with Gasteiger partial charge in [0.15, 0.2) is 5.11 Å². The van der Waals surface area contributed by atoms with Crippen molar-refractivity contribution in [3.8, 4) is 0 Å². The van der Waals surface area contributed by atoms with Gasteiger partial charge in [-0.05, 0) is 54.5 Å². The molecule has 19 heavy (non-hydrogen) atoms. The molecule has 0 aliphatic rings. The molecule has 0 fully saturated rings. The molecular formula is C15H15ClN2S. The van der Waals surface area contributed by atoms with E-state index in [9.17, 15) is 0 Å². The lowest BCUT2D eigenvalue weighted by molar-refractivity contribution is 0.926. The van der Waals surface area contributed by atoms with Crippen molar-refractivity contribution in [2.24, 2.45) is 0 Å². The molecule has 2 aromatic rings. The summed E-state index contributed by atoms with van der Waals surface area (Å²) in [5.74, 6) is 0. The van der Waals surface area contributed by atoms with Gasteiger partial charge in [0.2, 0.25) is 0 Å². The third kappa shape index (κ3) is 4.54. The predicted molar refractivity (Wildman–Crippen MR) is 85.7 cm³/mol. The van der Waals surface area contributed by atoms with E-state index in [1.807, 2.05) is 55.5 Å². The summed E-state index contributed by atoms with van der Waals surface area (Å²) in [6.07, 6.45) is 0. The van der Waals surface area contributed by atoms with Crippen molar-refractivity contribution in [3.05, 3.63) is 64.7 Å². The molecule has 0 aromatic heterocycles. The lowest BCUT2D eigenvalue weighted by Gasteiger charge is -2.11. The largest absolute Gasteiger partial charge is 0.358 e. The SMILES string of the molecule is Cc1cccc(NC(=S)NCc2cccc(Cl)c2)c1. The molecule has 0 spiro atoms. The molecule has 0 unspecified atom stereocenters. The third-order valence-corrected chi connectivity index (χ3v) is 3.10. The van der Waals surface area contributed by atoms with Gasteiger partial charge in [-0.1, -0.05) is 35.9 Å². The highest BCUT2D eigenvalue weighted by atomic mass is 35.5. The van der Waals surface area contributed by atoms with Gasteiger partial charge in [0.1, 0.15) is 0 Å². The molecule has 0 radical (unpaired) electrons. The maximum Gasteiger partial charge on any atom is 0.171 e. The van der Waals surface area contributed by atoms with Crippen molar-refractivity contribution < 1.29 is 0 Å². The summed E-state index contributed by atoms with van der Waals surface area (Å²) in [5, 5.41) is 7.65. The van der Waals surface area contributed by atoms with Gasteiger partial charge in [-0.25, -0.2) is 0 Å². The third-order valence-electron chi connectivity index (χ3n) is 2.62. The van der Waals surface area contributed by atoms with Crippen LogP contribution < -0.4 is 10.6 Å². The summed E-state index contributed by atoms with van der Waals surface area (Å²) >= 11 is 11.2. The quantitative estimate of drug-likeness (QED) is 0.831. The van der Waals surface area contributed by atoms with Crippen LogP contribution in [-0.4, -0.2) is 5.11 Å². The van der Waals surface area contributed by atoms with Crippen molar-refractivity contribution in [3.63, 3.8) is 0 Å². The number of hydrogen-bond acceptors (Lipinski definition) is 1. The molecule has 0 heterocycles. The average molecular weight is 291 g/mol. The minimum absolute atomic E-state index is 0.602. The Kier molecular flexibility index (Phi) is 4.77. The van der Waals surface area contributed by atoms with E-state index >= 15 is 0 Å². The predicted octanol–water partition coefficient (Wildman–Crippen LogP) is 4.14. The second-order valence-electron chi connectivity index (χ2n) is 4.31. The number of hydrogen-bond donors (Lipinski definition) is 2. The molecule has 0 aliphatic carbocycles.